The third kappa shape index (κ3) is 4.34. The SMILES string of the molecule is CCN(CC)CCN(C(=O)c1cccc(OC)c1)c1nc2c(C)cccc2s1. The van der Waals surface area contributed by atoms with Gasteiger partial charge in [0, 0.05) is 18.7 Å². The Hall–Kier alpha value is -2.44. The summed E-state index contributed by atoms with van der Waals surface area (Å²) in [6.07, 6.45) is 0. The maximum absolute atomic E-state index is 13.4. The van der Waals surface area contributed by atoms with Crippen molar-refractivity contribution in [3.8, 4) is 5.75 Å². The number of nitrogens with zero attached hydrogens (tertiary/aromatic N) is 3. The Morgan fingerprint density at radius 3 is 2.54 bits per heavy atom. The summed E-state index contributed by atoms with van der Waals surface area (Å²) in [5.74, 6) is 0.623. The maximum atomic E-state index is 13.4. The average molecular weight is 398 g/mol. The number of fused-ring (bicyclic) bond motifs is 1. The molecule has 0 radical (unpaired) electrons. The van der Waals surface area contributed by atoms with Crippen LogP contribution in [0.3, 0.4) is 0 Å². The minimum Gasteiger partial charge on any atom is -0.497 e. The van der Waals surface area contributed by atoms with Crippen LogP contribution in [0.5, 0.6) is 5.75 Å². The predicted octanol–water partition coefficient (Wildman–Crippen LogP) is 4.60. The molecule has 0 bridgehead atoms. The number of aryl methyl sites for hydroxylation is 1. The maximum Gasteiger partial charge on any atom is 0.260 e. The fourth-order valence-corrected chi connectivity index (χ4v) is 4.24. The molecule has 148 valence electrons. The first-order valence-electron chi connectivity index (χ1n) is 9.61. The summed E-state index contributed by atoms with van der Waals surface area (Å²) < 4.78 is 6.39. The van der Waals surface area contributed by atoms with Gasteiger partial charge in [0.2, 0.25) is 0 Å². The van der Waals surface area contributed by atoms with E-state index in [1.807, 2.05) is 24.3 Å². The van der Waals surface area contributed by atoms with Crippen LogP contribution in [0, 0.1) is 6.92 Å². The largest absolute Gasteiger partial charge is 0.497 e. The van der Waals surface area contributed by atoms with Crippen LogP contribution in [0.4, 0.5) is 5.13 Å². The number of ether oxygens (including phenoxy) is 1. The number of benzene rings is 2. The van der Waals surface area contributed by atoms with E-state index in [-0.39, 0.29) is 5.91 Å². The molecule has 0 fully saturated rings. The second-order valence-electron chi connectivity index (χ2n) is 6.63. The predicted molar refractivity (Wildman–Crippen MR) is 117 cm³/mol. The molecule has 0 aliphatic carbocycles. The van der Waals surface area contributed by atoms with Gasteiger partial charge >= 0.3 is 0 Å². The highest BCUT2D eigenvalue weighted by Crippen LogP contribution is 2.31. The number of hydrogen-bond acceptors (Lipinski definition) is 5. The van der Waals surface area contributed by atoms with Crippen LogP contribution in [-0.4, -0.2) is 49.1 Å². The van der Waals surface area contributed by atoms with Crippen molar-refractivity contribution in [1.82, 2.24) is 9.88 Å². The van der Waals surface area contributed by atoms with Gasteiger partial charge in [-0.05, 0) is 49.8 Å². The van der Waals surface area contributed by atoms with Crippen molar-refractivity contribution < 1.29 is 9.53 Å². The molecular formula is C22H27N3O2S. The van der Waals surface area contributed by atoms with Gasteiger partial charge in [-0.25, -0.2) is 4.98 Å². The fourth-order valence-electron chi connectivity index (χ4n) is 3.17. The topological polar surface area (TPSA) is 45.7 Å². The van der Waals surface area contributed by atoms with Crippen LogP contribution in [0.15, 0.2) is 42.5 Å². The van der Waals surface area contributed by atoms with E-state index in [9.17, 15) is 4.79 Å². The van der Waals surface area contributed by atoms with E-state index in [2.05, 4.69) is 37.8 Å². The summed E-state index contributed by atoms with van der Waals surface area (Å²) in [7, 11) is 1.61. The number of anilines is 1. The second kappa shape index (κ2) is 9.17. The van der Waals surface area contributed by atoms with E-state index in [0.29, 0.717) is 17.9 Å². The Kier molecular flexibility index (Phi) is 6.65. The molecule has 3 aromatic rings. The van der Waals surface area contributed by atoms with E-state index in [1.165, 1.54) is 0 Å². The van der Waals surface area contributed by atoms with Crippen LogP contribution < -0.4 is 9.64 Å². The standard InChI is InChI=1S/C22H27N3O2S/c1-5-24(6-2)13-14-25(21(26)17-10-8-11-18(15-17)27-4)22-23-20-16(3)9-7-12-19(20)28-22/h7-12,15H,5-6,13-14H2,1-4H3. The Bertz CT molecular complexity index is 950. The molecule has 2 aromatic carbocycles. The van der Waals surface area contributed by atoms with Crippen molar-refractivity contribution in [3.63, 3.8) is 0 Å². The van der Waals surface area contributed by atoms with E-state index in [4.69, 9.17) is 9.72 Å². The molecule has 1 aromatic heterocycles. The van der Waals surface area contributed by atoms with Gasteiger partial charge in [0.05, 0.1) is 17.3 Å². The average Bonchev–Trinajstić information content (AvgIpc) is 3.16. The highest BCUT2D eigenvalue weighted by Gasteiger charge is 2.22. The lowest BCUT2D eigenvalue weighted by atomic mass is 10.2. The minimum absolute atomic E-state index is 0.0530. The lowest BCUT2D eigenvalue weighted by Gasteiger charge is -2.24. The molecule has 0 atom stereocenters. The van der Waals surface area contributed by atoms with E-state index in [0.717, 1.165) is 40.5 Å². The van der Waals surface area contributed by atoms with Crippen molar-refractivity contribution in [2.75, 3.05) is 38.2 Å². The number of carbonyl (C=O) groups excluding carboxylic acids is 1. The molecule has 6 heteroatoms. The summed E-state index contributed by atoms with van der Waals surface area (Å²) in [5.41, 5.74) is 2.70. The van der Waals surface area contributed by atoms with Gasteiger partial charge in [0.15, 0.2) is 5.13 Å². The number of amides is 1. The molecule has 0 N–H and O–H groups in total. The number of para-hydroxylation sites is 1. The zero-order valence-corrected chi connectivity index (χ0v) is 17.8. The van der Waals surface area contributed by atoms with Crippen LogP contribution in [0.25, 0.3) is 10.2 Å². The molecule has 3 rings (SSSR count). The molecular weight excluding hydrogens is 370 g/mol. The Morgan fingerprint density at radius 1 is 1.11 bits per heavy atom. The van der Waals surface area contributed by atoms with Gasteiger partial charge in [-0.3, -0.25) is 9.69 Å². The fraction of sp³-hybridized carbons (Fsp3) is 0.364. The first-order chi connectivity index (χ1) is 13.6. The molecule has 1 amide bonds. The summed E-state index contributed by atoms with van der Waals surface area (Å²) in [6, 6.07) is 13.4. The van der Waals surface area contributed by atoms with Crippen molar-refractivity contribution in [3.05, 3.63) is 53.6 Å². The summed E-state index contributed by atoms with van der Waals surface area (Å²) in [4.78, 5) is 22.3. The van der Waals surface area contributed by atoms with E-state index in [1.54, 1.807) is 29.4 Å². The monoisotopic (exact) mass is 397 g/mol. The third-order valence-corrected chi connectivity index (χ3v) is 5.98. The molecule has 0 saturated carbocycles. The number of likely N-dealkylation sites (N-methyl/N-ethyl adjacent to an activating group) is 1. The summed E-state index contributed by atoms with van der Waals surface area (Å²) in [6.45, 7) is 9.63. The van der Waals surface area contributed by atoms with Crippen molar-refractivity contribution >= 4 is 32.6 Å². The third-order valence-electron chi connectivity index (χ3n) is 4.94. The number of methoxy groups -OCH3 is 1. The smallest absolute Gasteiger partial charge is 0.260 e. The number of carbonyl (C=O) groups is 1. The lowest BCUT2D eigenvalue weighted by Crippen LogP contribution is -2.38. The first kappa shape index (κ1) is 20.3. The molecule has 0 unspecified atom stereocenters. The Balaban J connectivity index is 1.97. The van der Waals surface area contributed by atoms with Gasteiger partial charge in [-0.2, -0.15) is 0 Å². The number of aromatic nitrogens is 1. The van der Waals surface area contributed by atoms with Gasteiger partial charge in [-0.1, -0.05) is 43.4 Å². The molecule has 0 aliphatic heterocycles. The van der Waals surface area contributed by atoms with Crippen LogP contribution in [0.1, 0.15) is 29.8 Å². The highest BCUT2D eigenvalue weighted by atomic mass is 32.1. The normalized spacial score (nSPS) is 11.2. The van der Waals surface area contributed by atoms with Gasteiger partial charge < -0.3 is 9.64 Å². The quantitative estimate of drug-likeness (QED) is 0.557. The second-order valence-corrected chi connectivity index (χ2v) is 7.64. The highest BCUT2D eigenvalue weighted by molar-refractivity contribution is 7.22. The first-order valence-corrected chi connectivity index (χ1v) is 10.4. The zero-order valence-electron chi connectivity index (χ0n) is 16.9. The van der Waals surface area contributed by atoms with Crippen molar-refractivity contribution in [2.24, 2.45) is 0 Å². The van der Waals surface area contributed by atoms with Crippen LogP contribution >= 0.6 is 11.3 Å². The molecule has 1 heterocycles. The van der Waals surface area contributed by atoms with E-state index >= 15 is 0 Å². The van der Waals surface area contributed by atoms with E-state index < -0.39 is 0 Å². The molecule has 0 aliphatic rings. The van der Waals surface area contributed by atoms with Gasteiger partial charge in [0.25, 0.3) is 5.91 Å². The Morgan fingerprint density at radius 2 is 1.86 bits per heavy atom. The molecule has 28 heavy (non-hydrogen) atoms. The number of thiazole rings is 1. The van der Waals surface area contributed by atoms with Crippen molar-refractivity contribution in [2.45, 2.75) is 20.8 Å². The molecule has 0 spiro atoms. The minimum atomic E-state index is -0.0530. The van der Waals surface area contributed by atoms with Gasteiger partial charge in [-0.15, -0.1) is 0 Å². The molecule has 0 saturated heterocycles. The number of rotatable bonds is 8. The summed E-state index contributed by atoms with van der Waals surface area (Å²) >= 11 is 1.56. The Labute approximate surface area is 170 Å². The number of hydrogen-bond donors (Lipinski definition) is 0. The van der Waals surface area contributed by atoms with Gasteiger partial charge in [0.1, 0.15) is 5.75 Å². The zero-order chi connectivity index (χ0) is 20.1. The lowest BCUT2D eigenvalue weighted by molar-refractivity contribution is 0.0983. The van der Waals surface area contributed by atoms with Crippen LogP contribution in [-0.2, 0) is 0 Å². The molecule has 5 nitrogen and oxygen atoms in total. The van der Waals surface area contributed by atoms with Crippen LogP contribution in [0.2, 0.25) is 0 Å². The van der Waals surface area contributed by atoms with Crippen molar-refractivity contribution in [1.29, 1.82) is 0 Å². The summed E-state index contributed by atoms with van der Waals surface area (Å²) in [5, 5.41) is 0.740.